The second-order valence-corrected chi connectivity index (χ2v) is 4.16. The zero-order valence-corrected chi connectivity index (χ0v) is 11.4. The minimum atomic E-state index is -0.125. The Labute approximate surface area is 112 Å². The van der Waals surface area contributed by atoms with E-state index in [1.165, 1.54) is 0 Å². The number of hydrogen-bond donors (Lipinski definition) is 1. The van der Waals surface area contributed by atoms with Gasteiger partial charge in [0.2, 0.25) is 5.91 Å². The molecule has 18 heavy (non-hydrogen) atoms. The third-order valence-corrected chi connectivity index (χ3v) is 2.52. The van der Waals surface area contributed by atoms with Crippen LogP contribution in [0.4, 0.5) is 5.69 Å². The summed E-state index contributed by atoms with van der Waals surface area (Å²) in [7, 11) is 1.56. The Morgan fingerprint density at radius 1 is 1.39 bits per heavy atom. The number of benzene rings is 1. The molecule has 5 heteroatoms. The van der Waals surface area contributed by atoms with Crippen LogP contribution in [0.25, 0.3) is 0 Å². The number of nitrogens with one attached hydrogen (secondary N) is 1. The van der Waals surface area contributed by atoms with Crippen molar-refractivity contribution in [2.24, 2.45) is 0 Å². The zero-order chi connectivity index (χ0) is 13.4. The molecule has 0 atom stereocenters. The van der Waals surface area contributed by atoms with E-state index in [1.807, 2.05) is 6.92 Å². The standard InChI is InChI=1S/C13H18ClNO3/c1-3-8-18-13-10(14)5-4-6-11(13)15-12(16)7-9-17-2/h4-6H,3,7-9H2,1-2H3,(H,15,16). The smallest absolute Gasteiger partial charge is 0.226 e. The molecule has 1 aromatic carbocycles. The van der Waals surface area contributed by atoms with Crippen LogP contribution in [0.2, 0.25) is 5.02 Å². The first kappa shape index (κ1) is 14.8. The van der Waals surface area contributed by atoms with Crippen LogP contribution in [0.1, 0.15) is 19.8 Å². The Morgan fingerprint density at radius 3 is 2.83 bits per heavy atom. The van der Waals surface area contributed by atoms with Crippen LogP contribution in [0.15, 0.2) is 18.2 Å². The molecule has 0 aromatic heterocycles. The molecule has 0 aliphatic heterocycles. The third kappa shape index (κ3) is 4.55. The van der Waals surface area contributed by atoms with E-state index in [1.54, 1.807) is 25.3 Å². The van der Waals surface area contributed by atoms with Crippen molar-refractivity contribution in [2.75, 3.05) is 25.6 Å². The summed E-state index contributed by atoms with van der Waals surface area (Å²) in [5.41, 5.74) is 0.594. The number of carbonyl (C=O) groups excluding carboxylic acids is 1. The fraction of sp³-hybridized carbons (Fsp3) is 0.462. The number of halogens is 1. The molecule has 4 nitrogen and oxygen atoms in total. The molecule has 1 N–H and O–H groups in total. The van der Waals surface area contributed by atoms with Crippen molar-refractivity contribution < 1.29 is 14.3 Å². The second kappa shape index (κ2) is 7.95. The maximum atomic E-state index is 11.6. The number of hydrogen-bond acceptors (Lipinski definition) is 3. The van der Waals surface area contributed by atoms with Gasteiger partial charge in [0.25, 0.3) is 0 Å². The fourth-order valence-electron chi connectivity index (χ4n) is 1.37. The summed E-state index contributed by atoms with van der Waals surface area (Å²) in [6, 6.07) is 5.27. The average Bonchev–Trinajstić information content (AvgIpc) is 2.36. The van der Waals surface area contributed by atoms with Crippen LogP contribution >= 0.6 is 11.6 Å². The van der Waals surface area contributed by atoms with E-state index in [0.717, 1.165) is 6.42 Å². The molecule has 1 amide bonds. The van der Waals surface area contributed by atoms with Crippen molar-refractivity contribution in [3.8, 4) is 5.75 Å². The van der Waals surface area contributed by atoms with Crippen LogP contribution in [-0.2, 0) is 9.53 Å². The van der Waals surface area contributed by atoms with Crippen molar-refractivity contribution in [1.29, 1.82) is 0 Å². The van der Waals surface area contributed by atoms with Gasteiger partial charge in [-0.15, -0.1) is 0 Å². The Morgan fingerprint density at radius 2 is 2.17 bits per heavy atom. The Hall–Kier alpha value is -1.26. The highest BCUT2D eigenvalue weighted by molar-refractivity contribution is 6.32. The largest absolute Gasteiger partial charge is 0.490 e. The van der Waals surface area contributed by atoms with E-state index in [2.05, 4.69) is 5.32 Å². The monoisotopic (exact) mass is 271 g/mol. The highest BCUT2D eigenvalue weighted by Crippen LogP contribution is 2.33. The Kier molecular flexibility index (Phi) is 6.54. The molecule has 0 saturated heterocycles. The number of para-hydroxylation sites is 1. The number of methoxy groups -OCH3 is 1. The summed E-state index contributed by atoms with van der Waals surface area (Å²) in [5.74, 6) is 0.396. The first-order valence-corrected chi connectivity index (χ1v) is 6.27. The van der Waals surface area contributed by atoms with Gasteiger partial charge in [-0.05, 0) is 18.6 Å². The molecule has 1 aromatic rings. The summed E-state index contributed by atoms with van der Waals surface area (Å²) >= 11 is 6.05. The third-order valence-electron chi connectivity index (χ3n) is 2.22. The number of ether oxygens (including phenoxy) is 2. The lowest BCUT2D eigenvalue weighted by molar-refractivity contribution is -0.117. The number of amides is 1. The summed E-state index contributed by atoms with van der Waals surface area (Å²) in [6.07, 6.45) is 1.18. The minimum Gasteiger partial charge on any atom is -0.490 e. The predicted octanol–water partition coefficient (Wildman–Crippen LogP) is 3.10. The van der Waals surface area contributed by atoms with E-state index in [9.17, 15) is 4.79 Å². The van der Waals surface area contributed by atoms with Gasteiger partial charge in [0.1, 0.15) is 0 Å². The van der Waals surface area contributed by atoms with Gasteiger partial charge in [0, 0.05) is 7.11 Å². The first-order chi connectivity index (χ1) is 8.69. The SMILES string of the molecule is CCCOc1c(Cl)cccc1NC(=O)CCOC. The van der Waals surface area contributed by atoms with Crippen molar-refractivity contribution in [1.82, 2.24) is 0 Å². The van der Waals surface area contributed by atoms with Crippen molar-refractivity contribution in [3.05, 3.63) is 23.2 Å². The van der Waals surface area contributed by atoms with Crippen LogP contribution in [0.5, 0.6) is 5.75 Å². The van der Waals surface area contributed by atoms with E-state index in [-0.39, 0.29) is 5.91 Å². The molecule has 0 spiro atoms. The van der Waals surface area contributed by atoms with Crippen molar-refractivity contribution >= 4 is 23.2 Å². The van der Waals surface area contributed by atoms with E-state index in [0.29, 0.717) is 36.1 Å². The maximum Gasteiger partial charge on any atom is 0.226 e. The molecule has 0 aliphatic carbocycles. The highest BCUT2D eigenvalue weighted by Gasteiger charge is 2.11. The van der Waals surface area contributed by atoms with Gasteiger partial charge in [-0.3, -0.25) is 4.79 Å². The van der Waals surface area contributed by atoms with Crippen molar-refractivity contribution in [3.63, 3.8) is 0 Å². The number of rotatable bonds is 7. The number of carbonyl (C=O) groups is 1. The lowest BCUT2D eigenvalue weighted by Crippen LogP contribution is -2.14. The summed E-state index contributed by atoms with van der Waals surface area (Å²) < 4.78 is 10.4. The molecule has 0 aliphatic rings. The Bertz CT molecular complexity index is 396. The maximum absolute atomic E-state index is 11.6. The van der Waals surface area contributed by atoms with Gasteiger partial charge in [-0.1, -0.05) is 24.6 Å². The second-order valence-electron chi connectivity index (χ2n) is 3.76. The van der Waals surface area contributed by atoms with Gasteiger partial charge < -0.3 is 14.8 Å². The van der Waals surface area contributed by atoms with Gasteiger partial charge >= 0.3 is 0 Å². The predicted molar refractivity (Wildman–Crippen MR) is 72.4 cm³/mol. The molecular formula is C13H18ClNO3. The zero-order valence-electron chi connectivity index (χ0n) is 10.7. The van der Waals surface area contributed by atoms with Crippen LogP contribution in [-0.4, -0.2) is 26.2 Å². The molecule has 0 unspecified atom stereocenters. The Balaban J connectivity index is 2.74. The van der Waals surface area contributed by atoms with E-state index < -0.39 is 0 Å². The van der Waals surface area contributed by atoms with Crippen LogP contribution in [0.3, 0.4) is 0 Å². The molecule has 0 bridgehead atoms. The van der Waals surface area contributed by atoms with Crippen molar-refractivity contribution in [2.45, 2.75) is 19.8 Å². The quantitative estimate of drug-likeness (QED) is 0.829. The normalized spacial score (nSPS) is 10.2. The lowest BCUT2D eigenvalue weighted by Gasteiger charge is -2.13. The minimum absolute atomic E-state index is 0.125. The summed E-state index contributed by atoms with van der Waals surface area (Å²) in [6.45, 7) is 2.95. The molecule has 0 heterocycles. The van der Waals surface area contributed by atoms with Gasteiger partial charge in [0.05, 0.1) is 30.3 Å². The topological polar surface area (TPSA) is 47.6 Å². The molecule has 1 rings (SSSR count). The summed E-state index contributed by atoms with van der Waals surface area (Å²) in [4.78, 5) is 11.6. The van der Waals surface area contributed by atoms with E-state index >= 15 is 0 Å². The molecule has 0 saturated carbocycles. The number of anilines is 1. The lowest BCUT2D eigenvalue weighted by atomic mass is 10.2. The van der Waals surface area contributed by atoms with Crippen LogP contribution in [0, 0.1) is 0 Å². The fourth-order valence-corrected chi connectivity index (χ4v) is 1.59. The molecule has 0 fully saturated rings. The highest BCUT2D eigenvalue weighted by atomic mass is 35.5. The molecule has 0 radical (unpaired) electrons. The first-order valence-electron chi connectivity index (χ1n) is 5.89. The average molecular weight is 272 g/mol. The van der Waals surface area contributed by atoms with Crippen LogP contribution < -0.4 is 10.1 Å². The molecule has 100 valence electrons. The molecular weight excluding hydrogens is 254 g/mol. The van der Waals surface area contributed by atoms with E-state index in [4.69, 9.17) is 21.1 Å². The van der Waals surface area contributed by atoms with Gasteiger partial charge in [-0.2, -0.15) is 0 Å². The summed E-state index contributed by atoms with van der Waals surface area (Å²) in [5, 5.41) is 3.26. The van der Waals surface area contributed by atoms with Gasteiger partial charge in [-0.25, -0.2) is 0 Å². The van der Waals surface area contributed by atoms with Gasteiger partial charge in [0.15, 0.2) is 5.75 Å².